The molecule has 0 amide bonds. The summed E-state index contributed by atoms with van der Waals surface area (Å²) >= 11 is 0. The van der Waals surface area contributed by atoms with Crippen molar-refractivity contribution in [2.75, 3.05) is 31.8 Å². The molecule has 0 radical (unpaired) electrons. The number of hydrogen-bond acceptors (Lipinski definition) is 5. The van der Waals surface area contributed by atoms with E-state index in [1.807, 2.05) is 13.0 Å². The summed E-state index contributed by atoms with van der Waals surface area (Å²) in [4.78, 5) is 0. The van der Waals surface area contributed by atoms with Crippen LogP contribution in [0.15, 0.2) is 18.2 Å². The third kappa shape index (κ3) is 5.38. The van der Waals surface area contributed by atoms with E-state index >= 15 is 0 Å². The minimum Gasteiger partial charge on any atom is -0.497 e. The third-order valence-corrected chi connectivity index (χ3v) is 4.67. The highest BCUT2D eigenvalue weighted by atomic mass is 32.2. The minimum atomic E-state index is -3.01. The fraction of sp³-hybridized carbons (Fsp3) is 0.571. The smallest absolute Gasteiger partial charge is 0.153 e. The second-order valence-electron chi connectivity index (χ2n) is 4.51. The zero-order chi connectivity index (χ0) is 15.0. The first-order valence-corrected chi connectivity index (χ1v) is 8.54. The molecule has 0 bridgehead atoms. The molecule has 0 atom stereocenters. The molecule has 0 heterocycles. The number of benzene rings is 1. The van der Waals surface area contributed by atoms with E-state index in [4.69, 9.17) is 15.2 Å². The molecule has 2 N–H and O–H groups in total. The average molecular weight is 301 g/mol. The lowest BCUT2D eigenvalue weighted by atomic mass is 10.1. The number of sulfone groups is 1. The molecule has 0 unspecified atom stereocenters. The van der Waals surface area contributed by atoms with E-state index in [0.717, 1.165) is 11.3 Å². The first kappa shape index (κ1) is 16.8. The van der Waals surface area contributed by atoms with Gasteiger partial charge < -0.3 is 15.2 Å². The lowest BCUT2D eigenvalue weighted by molar-refractivity contribution is 0.335. The van der Waals surface area contributed by atoms with Gasteiger partial charge in [-0.15, -0.1) is 0 Å². The standard InChI is InChI=1S/C14H23NO4S/c1-3-9-20(16,17)10-8-19-14-5-4-13(18-2)11-12(14)6-7-15/h4-5,11H,3,6-10,15H2,1-2H3. The molecule has 0 aromatic heterocycles. The van der Waals surface area contributed by atoms with Crippen molar-refractivity contribution in [1.82, 2.24) is 0 Å². The summed E-state index contributed by atoms with van der Waals surface area (Å²) in [5.41, 5.74) is 6.50. The van der Waals surface area contributed by atoms with Crippen LogP contribution in [0.25, 0.3) is 0 Å². The average Bonchev–Trinajstić information content (AvgIpc) is 2.40. The molecule has 0 saturated heterocycles. The van der Waals surface area contributed by atoms with E-state index in [0.29, 0.717) is 25.1 Å². The summed E-state index contributed by atoms with van der Waals surface area (Å²) in [7, 11) is -1.42. The Morgan fingerprint density at radius 3 is 2.60 bits per heavy atom. The number of nitrogens with two attached hydrogens (primary N) is 1. The van der Waals surface area contributed by atoms with Crippen LogP contribution >= 0.6 is 0 Å². The number of ether oxygens (including phenoxy) is 2. The molecular formula is C14H23NO4S. The first-order valence-electron chi connectivity index (χ1n) is 6.72. The lowest BCUT2D eigenvalue weighted by Gasteiger charge is -2.12. The summed E-state index contributed by atoms with van der Waals surface area (Å²) in [5.74, 6) is 1.64. The molecule has 1 rings (SSSR count). The van der Waals surface area contributed by atoms with Crippen LogP contribution in [0.2, 0.25) is 0 Å². The second-order valence-corrected chi connectivity index (χ2v) is 6.82. The van der Waals surface area contributed by atoms with Gasteiger partial charge in [-0.3, -0.25) is 0 Å². The van der Waals surface area contributed by atoms with Crippen LogP contribution in [-0.4, -0.2) is 40.2 Å². The maximum absolute atomic E-state index is 11.6. The van der Waals surface area contributed by atoms with Crippen LogP contribution in [-0.2, 0) is 16.3 Å². The maximum Gasteiger partial charge on any atom is 0.153 e. The monoisotopic (exact) mass is 301 g/mol. The van der Waals surface area contributed by atoms with Gasteiger partial charge in [-0.2, -0.15) is 0 Å². The van der Waals surface area contributed by atoms with Gasteiger partial charge in [-0.25, -0.2) is 8.42 Å². The van der Waals surface area contributed by atoms with Gasteiger partial charge >= 0.3 is 0 Å². The van der Waals surface area contributed by atoms with Crippen LogP contribution in [0.4, 0.5) is 0 Å². The highest BCUT2D eigenvalue weighted by molar-refractivity contribution is 7.91. The zero-order valence-corrected chi connectivity index (χ0v) is 12.9. The van der Waals surface area contributed by atoms with Crippen LogP contribution in [0.1, 0.15) is 18.9 Å². The topological polar surface area (TPSA) is 78.6 Å². The van der Waals surface area contributed by atoms with E-state index in [9.17, 15) is 8.42 Å². The van der Waals surface area contributed by atoms with Crippen LogP contribution < -0.4 is 15.2 Å². The molecule has 0 fully saturated rings. The zero-order valence-electron chi connectivity index (χ0n) is 12.1. The van der Waals surface area contributed by atoms with Crippen molar-refractivity contribution in [3.63, 3.8) is 0 Å². The van der Waals surface area contributed by atoms with E-state index in [1.54, 1.807) is 19.2 Å². The summed E-state index contributed by atoms with van der Waals surface area (Å²) in [6.07, 6.45) is 1.29. The molecule has 6 heteroatoms. The molecule has 0 aliphatic rings. The van der Waals surface area contributed by atoms with Gasteiger partial charge in [0.1, 0.15) is 18.1 Å². The van der Waals surface area contributed by atoms with Gasteiger partial charge in [-0.05, 0) is 43.1 Å². The van der Waals surface area contributed by atoms with Crippen molar-refractivity contribution in [2.24, 2.45) is 5.73 Å². The van der Waals surface area contributed by atoms with Crippen LogP contribution in [0.3, 0.4) is 0 Å². The van der Waals surface area contributed by atoms with Crippen molar-refractivity contribution >= 4 is 9.84 Å². The van der Waals surface area contributed by atoms with Crippen molar-refractivity contribution < 1.29 is 17.9 Å². The van der Waals surface area contributed by atoms with E-state index in [-0.39, 0.29) is 18.1 Å². The van der Waals surface area contributed by atoms with Gasteiger partial charge in [0, 0.05) is 0 Å². The maximum atomic E-state index is 11.6. The highest BCUT2D eigenvalue weighted by Crippen LogP contribution is 2.24. The van der Waals surface area contributed by atoms with Crippen molar-refractivity contribution in [3.8, 4) is 11.5 Å². The van der Waals surface area contributed by atoms with Gasteiger partial charge in [0.05, 0.1) is 18.6 Å². The first-order chi connectivity index (χ1) is 9.52. The van der Waals surface area contributed by atoms with Crippen molar-refractivity contribution in [1.29, 1.82) is 0 Å². The Labute approximate surface area is 121 Å². The normalized spacial score (nSPS) is 11.3. The Morgan fingerprint density at radius 2 is 2.00 bits per heavy atom. The molecule has 20 heavy (non-hydrogen) atoms. The van der Waals surface area contributed by atoms with Crippen LogP contribution in [0, 0.1) is 0 Å². The van der Waals surface area contributed by atoms with Crippen molar-refractivity contribution in [2.45, 2.75) is 19.8 Å². The van der Waals surface area contributed by atoms with Gasteiger partial charge in [-0.1, -0.05) is 6.92 Å². The fourth-order valence-corrected chi connectivity index (χ4v) is 3.03. The minimum absolute atomic E-state index is 0.0366. The summed E-state index contributed by atoms with van der Waals surface area (Å²) in [6, 6.07) is 5.44. The third-order valence-electron chi connectivity index (χ3n) is 2.85. The molecule has 1 aromatic carbocycles. The Balaban J connectivity index is 2.67. The molecule has 0 aliphatic heterocycles. The number of rotatable bonds is 9. The molecule has 0 spiro atoms. The number of hydrogen-bond donors (Lipinski definition) is 1. The molecule has 5 nitrogen and oxygen atoms in total. The summed E-state index contributed by atoms with van der Waals surface area (Å²) in [5, 5.41) is 0. The second kappa shape index (κ2) is 8.11. The Hall–Kier alpha value is -1.27. The SMILES string of the molecule is CCCS(=O)(=O)CCOc1ccc(OC)cc1CCN. The molecule has 1 aromatic rings. The van der Waals surface area contributed by atoms with Crippen molar-refractivity contribution in [3.05, 3.63) is 23.8 Å². The van der Waals surface area contributed by atoms with Gasteiger partial charge in [0.2, 0.25) is 0 Å². The molecular weight excluding hydrogens is 278 g/mol. The van der Waals surface area contributed by atoms with Crippen LogP contribution in [0.5, 0.6) is 11.5 Å². The molecule has 0 aliphatic carbocycles. The van der Waals surface area contributed by atoms with Gasteiger partial charge in [0.25, 0.3) is 0 Å². The fourth-order valence-electron chi connectivity index (χ4n) is 1.87. The molecule has 114 valence electrons. The lowest BCUT2D eigenvalue weighted by Crippen LogP contribution is -2.17. The summed E-state index contributed by atoms with van der Waals surface area (Å²) < 4.78 is 34.0. The summed E-state index contributed by atoms with van der Waals surface area (Å²) in [6.45, 7) is 2.51. The Kier molecular flexibility index (Phi) is 6.81. The van der Waals surface area contributed by atoms with E-state index in [2.05, 4.69) is 0 Å². The van der Waals surface area contributed by atoms with Gasteiger partial charge in [0.15, 0.2) is 9.84 Å². The Morgan fingerprint density at radius 1 is 1.25 bits per heavy atom. The quantitative estimate of drug-likeness (QED) is 0.746. The van der Waals surface area contributed by atoms with E-state index in [1.165, 1.54) is 0 Å². The predicted octanol–water partition coefficient (Wildman–Crippen LogP) is 1.40. The largest absolute Gasteiger partial charge is 0.497 e. The predicted molar refractivity (Wildman–Crippen MR) is 80.2 cm³/mol. The van der Waals surface area contributed by atoms with E-state index < -0.39 is 9.84 Å². The molecule has 0 saturated carbocycles. The highest BCUT2D eigenvalue weighted by Gasteiger charge is 2.11. The Bertz CT molecular complexity index is 514. The number of methoxy groups -OCH3 is 1.